The Morgan fingerprint density at radius 3 is 2.45 bits per heavy atom. The Labute approximate surface area is 126 Å². The van der Waals surface area contributed by atoms with Gasteiger partial charge in [0.2, 0.25) is 5.95 Å². The van der Waals surface area contributed by atoms with E-state index in [1.165, 1.54) is 6.07 Å². The van der Waals surface area contributed by atoms with Crippen LogP contribution in [0, 0.1) is 19.7 Å². The van der Waals surface area contributed by atoms with Gasteiger partial charge >= 0.3 is 6.18 Å². The van der Waals surface area contributed by atoms with Crippen LogP contribution < -0.4 is 5.73 Å². The molecule has 0 radical (unpaired) electrons. The van der Waals surface area contributed by atoms with Crippen LogP contribution in [0.4, 0.5) is 23.5 Å². The van der Waals surface area contributed by atoms with Gasteiger partial charge in [-0.2, -0.15) is 33.3 Å². The SMILES string of the molecule is C=S(CC(F)(F)F)c1cc(-n2nc(C)nc2N)c(F)cc1C. The number of nitrogen functional groups attached to an aromatic ring is 1. The fourth-order valence-electron chi connectivity index (χ4n) is 2.00. The highest BCUT2D eigenvalue weighted by Crippen LogP contribution is 2.36. The van der Waals surface area contributed by atoms with Crippen LogP contribution in [-0.4, -0.2) is 32.6 Å². The van der Waals surface area contributed by atoms with E-state index in [4.69, 9.17) is 5.73 Å². The van der Waals surface area contributed by atoms with E-state index in [-0.39, 0.29) is 11.6 Å². The third kappa shape index (κ3) is 3.46. The van der Waals surface area contributed by atoms with Gasteiger partial charge in [0.1, 0.15) is 17.3 Å². The molecule has 1 heterocycles. The second-order valence-corrected chi connectivity index (χ2v) is 6.46. The Kier molecular flexibility index (Phi) is 4.28. The molecular formula is C13H14F4N4S. The predicted octanol–water partition coefficient (Wildman–Crippen LogP) is 3.23. The molecule has 2 aromatic rings. The molecule has 0 saturated carbocycles. The maximum atomic E-state index is 14.1. The maximum absolute atomic E-state index is 14.1. The lowest BCUT2D eigenvalue weighted by Gasteiger charge is -2.15. The van der Waals surface area contributed by atoms with Crippen LogP contribution >= 0.6 is 10.5 Å². The molecule has 120 valence electrons. The van der Waals surface area contributed by atoms with E-state index in [1.807, 2.05) is 0 Å². The Bertz CT molecular complexity index is 736. The standard InChI is InChI=1S/C13H14F4N4S/c1-7-4-9(14)10(21-12(18)19-8(2)20-21)5-11(7)22(3)6-13(15,16)17/h4-5H,3,6H2,1-2H3,(H2,18,19,20). The average molecular weight is 334 g/mol. The Balaban J connectivity index is 2.52. The number of anilines is 1. The fourth-order valence-corrected chi connectivity index (χ4v) is 3.34. The topological polar surface area (TPSA) is 56.7 Å². The third-order valence-electron chi connectivity index (χ3n) is 2.86. The first kappa shape index (κ1) is 16.5. The molecule has 0 aliphatic rings. The molecule has 22 heavy (non-hydrogen) atoms. The predicted molar refractivity (Wildman–Crippen MR) is 79.1 cm³/mol. The van der Waals surface area contributed by atoms with Crippen LogP contribution in [0.15, 0.2) is 17.0 Å². The zero-order chi connectivity index (χ0) is 16.7. The molecular weight excluding hydrogens is 320 g/mol. The minimum absolute atomic E-state index is 0.0361. The number of hydrogen-bond acceptors (Lipinski definition) is 3. The summed E-state index contributed by atoms with van der Waals surface area (Å²) in [5, 5.41) is 3.95. The van der Waals surface area contributed by atoms with E-state index in [0.717, 1.165) is 10.7 Å². The number of hydrogen-bond donors (Lipinski definition) is 1. The molecule has 1 aromatic heterocycles. The summed E-state index contributed by atoms with van der Waals surface area (Å²) in [6.07, 6.45) is -4.34. The molecule has 1 aromatic carbocycles. The lowest BCUT2D eigenvalue weighted by atomic mass is 10.2. The average Bonchev–Trinajstić information content (AvgIpc) is 2.66. The van der Waals surface area contributed by atoms with E-state index in [1.54, 1.807) is 13.8 Å². The normalized spacial score (nSPS) is 13.4. The molecule has 0 aliphatic carbocycles. The molecule has 0 amide bonds. The van der Waals surface area contributed by atoms with Gasteiger partial charge in [0, 0.05) is 4.90 Å². The summed E-state index contributed by atoms with van der Waals surface area (Å²) in [4.78, 5) is 4.18. The quantitative estimate of drug-likeness (QED) is 0.692. The molecule has 4 nitrogen and oxygen atoms in total. The van der Waals surface area contributed by atoms with Crippen molar-refractivity contribution in [3.8, 4) is 5.69 Å². The highest BCUT2D eigenvalue weighted by molar-refractivity contribution is 8.14. The molecule has 1 unspecified atom stereocenters. The summed E-state index contributed by atoms with van der Waals surface area (Å²) in [6, 6.07) is 2.46. The summed E-state index contributed by atoms with van der Waals surface area (Å²) in [7, 11) is -1.35. The van der Waals surface area contributed by atoms with Crippen LogP contribution in [0.5, 0.6) is 0 Å². The van der Waals surface area contributed by atoms with Crippen molar-refractivity contribution in [3.63, 3.8) is 0 Å². The number of halogens is 4. The van der Waals surface area contributed by atoms with Crippen LogP contribution in [0.25, 0.3) is 5.69 Å². The zero-order valence-corrected chi connectivity index (χ0v) is 12.7. The number of rotatable bonds is 3. The summed E-state index contributed by atoms with van der Waals surface area (Å²) >= 11 is 0. The molecule has 0 aliphatic heterocycles. The Hall–Kier alpha value is -1.90. The highest BCUT2D eigenvalue weighted by atomic mass is 32.2. The Morgan fingerprint density at radius 1 is 1.32 bits per heavy atom. The van der Waals surface area contributed by atoms with Crippen molar-refractivity contribution in [2.24, 2.45) is 0 Å². The summed E-state index contributed by atoms with van der Waals surface area (Å²) in [6.45, 7) is 3.12. The number of aromatic nitrogens is 3. The highest BCUT2D eigenvalue weighted by Gasteiger charge is 2.29. The first-order chi connectivity index (χ1) is 10.1. The maximum Gasteiger partial charge on any atom is 0.397 e. The van der Waals surface area contributed by atoms with Crippen molar-refractivity contribution in [2.75, 3.05) is 11.5 Å². The minimum Gasteiger partial charge on any atom is -0.368 e. The van der Waals surface area contributed by atoms with Gasteiger partial charge in [-0.1, -0.05) is 5.87 Å². The lowest BCUT2D eigenvalue weighted by Crippen LogP contribution is -2.13. The summed E-state index contributed by atoms with van der Waals surface area (Å²) in [5.41, 5.74) is 6.00. The van der Waals surface area contributed by atoms with E-state index in [0.29, 0.717) is 16.3 Å². The second-order valence-electron chi connectivity index (χ2n) is 4.75. The number of nitrogens with zero attached hydrogens (tertiary/aromatic N) is 3. The Morgan fingerprint density at radius 2 is 1.95 bits per heavy atom. The summed E-state index contributed by atoms with van der Waals surface area (Å²) < 4.78 is 52.8. The molecule has 0 fully saturated rings. The van der Waals surface area contributed by atoms with Gasteiger partial charge in [0.25, 0.3) is 0 Å². The molecule has 0 saturated heterocycles. The van der Waals surface area contributed by atoms with Crippen LogP contribution in [-0.2, 0) is 0 Å². The van der Waals surface area contributed by atoms with E-state index in [2.05, 4.69) is 16.0 Å². The number of aryl methyl sites for hydroxylation is 2. The van der Waals surface area contributed by atoms with E-state index in [9.17, 15) is 17.6 Å². The lowest BCUT2D eigenvalue weighted by molar-refractivity contribution is -0.105. The van der Waals surface area contributed by atoms with Gasteiger partial charge in [0.15, 0.2) is 0 Å². The molecule has 2 rings (SSSR count). The van der Waals surface area contributed by atoms with Crippen molar-refractivity contribution < 1.29 is 17.6 Å². The van der Waals surface area contributed by atoms with Gasteiger partial charge in [-0.25, -0.2) is 4.39 Å². The zero-order valence-electron chi connectivity index (χ0n) is 11.9. The minimum atomic E-state index is -4.34. The number of nitrogens with two attached hydrogens (primary N) is 1. The molecule has 0 bridgehead atoms. The molecule has 9 heteroatoms. The van der Waals surface area contributed by atoms with Crippen molar-refractivity contribution in [1.82, 2.24) is 14.8 Å². The smallest absolute Gasteiger partial charge is 0.368 e. The molecule has 2 N–H and O–H groups in total. The summed E-state index contributed by atoms with van der Waals surface area (Å²) in [5.74, 6) is 2.15. The largest absolute Gasteiger partial charge is 0.397 e. The van der Waals surface area contributed by atoms with Gasteiger partial charge in [-0.15, -0.1) is 5.10 Å². The van der Waals surface area contributed by atoms with E-state index < -0.39 is 28.2 Å². The van der Waals surface area contributed by atoms with Crippen LogP contribution in [0.1, 0.15) is 11.4 Å². The fraction of sp³-hybridized carbons (Fsp3) is 0.308. The molecule has 0 spiro atoms. The first-order valence-corrected chi connectivity index (χ1v) is 7.72. The van der Waals surface area contributed by atoms with Crippen molar-refractivity contribution in [3.05, 3.63) is 29.3 Å². The number of benzene rings is 1. The van der Waals surface area contributed by atoms with E-state index >= 15 is 0 Å². The van der Waals surface area contributed by atoms with Crippen LogP contribution in [0.2, 0.25) is 0 Å². The van der Waals surface area contributed by atoms with Crippen LogP contribution in [0.3, 0.4) is 0 Å². The second kappa shape index (κ2) is 5.71. The molecule has 1 atom stereocenters. The van der Waals surface area contributed by atoms with Crippen molar-refractivity contribution in [2.45, 2.75) is 24.9 Å². The number of alkyl halides is 3. The third-order valence-corrected chi connectivity index (χ3v) is 4.60. The first-order valence-electron chi connectivity index (χ1n) is 6.15. The van der Waals surface area contributed by atoms with Gasteiger partial charge < -0.3 is 5.73 Å². The van der Waals surface area contributed by atoms with Gasteiger partial charge in [0.05, 0.1) is 5.75 Å². The van der Waals surface area contributed by atoms with Gasteiger partial charge in [-0.3, -0.25) is 0 Å². The van der Waals surface area contributed by atoms with Crippen molar-refractivity contribution >= 4 is 22.3 Å². The van der Waals surface area contributed by atoms with Crippen molar-refractivity contribution in [1.29, 1.82) is 0 Å². The monoisotopic (exact) mass is 334 g/mol. The van der Waals surface area contributed by atoms with Gasteiger partial charge in [-0.05, 0) is 31.5 Å².